The zero-order valence-electron chi connectivity index (χ0n) is 15.4. The molecule has 2 heterocycles. The summed E-state index contributed by atoms with van der Waals surface area (Å²) in [5.41, 5.74) is 0.950. The number of hydrogen-bond acceptors (Lipinski definition) is 4. The molecular formula is C20H17ClF3N3O2. The Morgan fingerprint density at radius 2 is 2.07 bits per heavy atom. The number of benzene rings is 2. The van der Waals surface area contributed by atoms with Crippen LogP contribution in [0.15, 0.2) is 40.8 Å². The van der Waals surface area contributed by atoms with Crippen molar-refractivity contribution in [1.82, 2.24) is 9.88 Å². The van der Waals surface area contributed by atoms with Crippen molar-refractivity contribution < 1.29 is 22.4 Å². The highest BCUT2D eigenvalue weighted by Crippen LogP contribution is 2.31. The van der Waals surface area contributed by atoms with Crippen LogP contribution >= 0.6 is 11.6 Å². The van der Waals surface area contributed by atoms with Gasteiger partial charge in [-0.15, -0.1) is 0 Å². The van der Waals surface area contributed by atoms with Gasteiger partial charge in [0.05, 0.1) is 5.56 Å². The maximum atomic E-state index is 13.0. The number of carbonyl (C=O) groups is 1. The number of halogens is 4. The second-order valence-electron chi connectivity index (χ2n) is 7.04. The maximum Gasteiger partial charge on any atom is 0.416 e. The van der Waals surface area contributed by atoms with Gasteiger partial charge in [-0.05, 0) is 43.2 Å². The third kappa shape index (κ3) is 4.03. The number of carbonyl (C=O) groups excluding carboxylic acids is 1. The quantitative estimate of drug-likeness (QED) is 0.634. The predicted molar refractivity (Wildman–Crippen MR) is 103 cm³/mol. The van der Waals surface area contributed by atoms with Gasteiger partial charge in [0.25, 0.3) is 11.9 Å². The smallest absolute Gasteiger partial charge is 0.416 e. The first-order valence-corrected chi connectivity index (χ1v) is 9.38. The number of aromatic nitrogens is 1. The topological polar surface area (TPSA) is 58.4 Å². The van der Waals surface area contributed by atoms with Crippen LogP contribution in [0.25, 0.3) is 11.1 Å². The number of nitrogens with zero attached hydrogens (tertiary/aromatic N) is 2. The molecule has 1 atom stereocenters. The monoisotopic (exact) mass is 423 g/mol. The van der Waals surface area contributed by atoms with Gasteiger partial charge in [0.15, 0.2) is 5.58 Å². The number of nitrogens with one attached hydrogen (secondary N) is 1. The van der Waals surface area contributed by atoms with Crippen molar-refractivity contribution in [3.05, 3.63) is 58.1 Å². The van der Waals surface area contributed by atoms with E-state index < -0.39 is 17.6 Å². The number of likely N-dealkylation sites (tertiary alicyclic amines) is 1. The van der Waals surface area contributed by atoms with Gasteiger partial charge in [-0.25, -0.2) is 0 Å². The van der Waals surface area contributed by atoms with E-state index in [1.165, 1.54) is 6.07 Å². The molecule has 0 radical (unpaired) electrons. The summed E-state index contributed by atoms with van der Waals surface area (Å²) in [5, 5.41) is 3.68. The van der Waals surface area contributed by atoms with Gasteiger partial charge in [-0.2, -0.15) is 18.2 Å². The average Bonchev–Trinajstić information content (AvgIpc) is 3.27. The lowest BCUT2D eigenvalue weighted by Gasteiger charge is -2.19. The van der Waals surface area contributed by atoms with Crippen LogP contribution in [0.2, 0.25) is 5.02 Å². The molecule has 0 unspecified atom stereocenters. The molecule has 5 nitrogen and oxygen atoms in total. The minimum Gasteiger partial charge on any atom is -0.423 e. The number of alkyl halides is 3. The maximum absolute atomic E-state index is 13.0. The number of aryl methyl sites for hydroxylation is 1. The van der Waals surface area contributed by atoms with E-state index in [4.69, 9.17) is 16.0 Å². The zero-order valence-corrected chi connectivity index (χ0v) is 16.1. The van der Waals surface area contributed by atoms with Crippen LogP contribution in [0.1, 0.15) is 27.9 Å². The normalized spacial score (nSPS) is 17.1. The minimum atomic E-state index is -4.49. The van der Waals surface area contributed by atoms with Gasteiger partial charge >= 0.3 is 6.18 Å². The summed E-state index contributed by atoms with van der Waals surface area (Å²) in [5.74, 6) is -0.415. The number of amides is 1. The van der Waals surface area contributed by atoms with E-state index in [1.807, 2.05) is 0 Å². The highest BCUT2D eigenvalue weighted by molar-refractivity contribution is 6.31. The Morgan fingerprint density at radius 3 is 2.83 bits per heavy atom. The van der Waals surface area contributed by atoms with Crippen LogP contribution in [0.5, 0.6) is 0 Å². The van der Waals surface area contributed by atoms with Crippen molar-refractivity contribution in [2.75, 3.05) is 18.4 Å². The summed E-state index contributed by atoms with van der Waals surface area (Å²) in [7, 11) is 0. The van der Waals surface area contributed by atoms with Crippen molar-refractivity contribution in [2.45, 2.75) is 25.6 Å². The fourth-order valence-electron chi connectivity index (χ4n) is 3.40. The molecule has 1 amide bonds. The fraction of sp³-hybridized carbons (Fsp3) is 0.300. The Kier molecular flexibility index (Phi) is 4.90. The highest BCUT2D eigenvalue weighted by Gasteiger charge is 2.33. The molecule has 3 aromatic rings. The highest BCUT2D eigenvalue weighted by atomic mass is 35.5. The Labute approximate surface area is 169 Å². The molecule has 9 heteroatoms. The van der Waals surface area contributed by atoms with Crippen molar-refractivity contribution >= 4 is 34.6 Å². The molecule has 1 saturated heterocycles. The summed E-state index contributed by atoms with van der Waals surface area (Å²) in [6.45, 7) is 2.40. The number of anilines is 1. The third-order valence-corrected chi connectivity index (χ3v) is 5.18. The molecule has 2 aromatic carbocycles. The van der Waals surface area contributed by atoms with Crippen LogP contribution in [-0.4, -0.2) is 34.9 Å². The summed E-state index contributed by atoms with van der Waals surface area (Å²) >= 11 is 5.94. The van der Waals surface area contributed by atoms with Crippen LogP contribution < -0.4 is 5.32 Å². The Balaban J connectivity index is 1.47. The molecule has 0 spiro atoms. The number of oxazole rings is 1. The van der Waals surface area contributed by atoms with Crippen molar-refractivity contribution in [3.8, 4) is 0 Å². The molecule has 1 fully saturated rings. The molecule has 1 aliphatic heterocycles. The first-order chi connectivity index (χ1) is 13.7. The molecule has 0 bridgehead atoms. The Bertz CT molecular complexity index is 1080. The van der Waals surface area contributed by atoms with Gasteiger partial charge in [0.1, 0.15) is 5.52 Å². The number of rotatable bonds is 3. The largest absolute Gasteiger partial charge is 0.423 e. The second kappa shape index (κ2) is 7.26. The van der Waals surface area contributed by atoms with Crippen molar-refractivity contribution in [1.29, 1.82) is 0 Å². The molecule has 0 aliphatic carbocycles. The molecule has 152 valence electrons. The standard InChI is InChI=1S/C20H17ClF3N3O2/c1-11-2-3-12(20(22,23)24)8-15(11)18(28)27-7-6-14(10-27)25-19-26-16-5-4-13(21)9-17(16)29-19/h2-5,8-9,14H,6-7,10H2,1H3,(H,25,26)/t14-/m1/s1. The van der Waals surface area contributed by atoms with E-state index in [1.54, 1.807) is 30.0 Å². The van der Waals surface area contributed by atoms with Gasteiger partial charge in [0, 0.05) is 35.8 Å². The van der Waals surface area contributed by atoms with Crippen molar-refractivity contribution in [3.63, 3.8) is 0 Å². The van der Waals surface area contributed by atoms with Gasteiger partial charge in [0.2, 0.25) is 0 Å². The molecule has 1 N–H and O–H groups in total. The van der Waals surface area contributed by atoms with Crippen molar-refractivity contribution in [2.24, 2.45) is 0 Å². The molecule has 4 rings (SSSR count). The summed E-state index contributed by atoms with van der Waals surface area (Å²) in [6.07, 6.45) is -3.86. The van der Waals surface area contributed by atoms with E-state index in [-0.39, 0.29) is 11.6 Å². The van der Waals surface area contributed by atoms with E-state index in [0.717, 1.165) is 12.1 Å². The van der Waals surface area contributed by atoms with Crippen LogP contribution in [-0.2, 0) is 6.18 Å². The first-order valence-electron chi connectivity index (χ1n) is 9.00. The third-order valence-electron chi connectivity index (χ3n) is 4.95. The lowest BCUT2D eigenvalue weighted by Crippen LogP contribution is -2.32. The molecular weight excluding hydrogens is 407 g/mol. The average molecular weight is 424 g/mol. The van der Waals surface area contributed by atoms with E-state index in [0.29, 0.717) is 47.2 Å². The van der Waals surface area contributed by atoms with Gasteiger partial charge in [-0.3, -0.25) is 4.79 Å². The summed E-state index contributed by atoms with van der Waals surface area (Å²) in [4.78, 5) is 18.7. The van der Waals surface area contributed by atoms with Crippen LogP contribution in [0.3, 0.4) is 0 Å². The van der Waals surface area contributed by atoms with E-state index >= 15 is 0 Å². The van der Waals surface area contributed by atoms with E-state index in [9.17, 15) is 18.0 Å². The lowest BCUT2D eigenvalue weighted by atomic mass is 10.0. The molecule has 1 aliphatic rings. The van der Waals surface area contributed by atoms with Crippen LogP contribution in [0.4, 0.5) is 19.2 Å². The van der Waals surface area contributed by atoms with Crippen LogP contribution in [0, 0.1) is 6.92 Å². The first kappa shape index (κ1) is 19.6. The predicted octanol–water partition coefficient (Wildman–Crippen LogP) is 5.14. The van der Waals surface area contributed by atoms with Gasteiger partial charge < -0.3 is 14.6 Å². The summed E-state index contributed by atoms with van der Waals surface area (Å²) < 4.78 is 44.6. The SMILES string of the molecule is Cc1ccc(C(F)(F)F)cc1C(=O)N1CC[C@@H](Nc2nc3ccc(Cl)cc3o2)C1. The number of hydrogen-bond donors (Lipinski definition) is 1. The minimum absolute atomic E-state index is 0.0666. The van der Waals surface area contributed by atoms with E-state index in [2.05, 4.69) is 10.3 Å². The number of fused-ring (bicyclic) bond motifs is 1. The Hall–Kier alpha value is -2.74. The molecule has 1 aromatic heterocycles. The molecule has 0 saturated carbocycles. The lowest BCUT2D eigenvalue weighted by molar-refractivity contribution is -0.137. The molecule has 29 heavy (non-hydrogen) atoms. The summed E-state index contributed by atoms with van der Waals surface area (Å²) in [6, 6.07) is 8.55. The Morgan fingerprint density at radius 1 is 1.28 bits per heavy atom. The fourth-order valence-corrected chi connectivity index (χ4v) is 3.56. The second-order valence-corrected chi connectivity index (χ2v) is 7.48. The van der Waals surface area contributed by atoms with Gasteiger partial charge in [-0.1, -0.05) is 17.7 Å². The zero-order chi connectivity index (χ0) is 20.8.